The van der Waals surface area contributed by atoms with Gasteiger partial charge in [-0.25, -0.2) is 9.97 Å². The number of pyridine rings is 2. The van der Waals surface area contributed by atoms with Crippen LogP contribution in [0.15, 0.2) is 67.3 Å². The van der Waals surface area contributed by atoms with Crippen molar-refractivity contribution in [2.75, 3.05) is 45.2 Å². The van der Waals surface area contributed by atoms with Crippen LogP contribution in [0.1, 0.15) is 32.4 Å². The number of H-pyrrole nitrogens is 1. The molecule has 2 amide bonds. The number of nitrogens with zero attached hydrogens (tertiary/aromatic N) is 8. The van der Waals surface area contributed by atoms with Gasteiger partial charge in [-0.1, -0.05) is 6.08 Å². The Labute approximate surface area is 289 Å². The number of fused-ring (bicyclic) bond motifs is 1. The molecule has 0 radical (unpaired) electrons. The number of rotatable bonds is 10. The van der Waals surface area contributed by atoms with Gasteiger partial charge in [0.25, 0.3) is 5.91 Å². The summed E-state index contributed by atoms with van der Waals surface area (Å²) >= 11 is 0. The molecule has 0 saturated carbocycles. The van der Waals surface area contributed by atoms with Gasteiger partial charge in [0.05, 0.1) is 23.9 Å². The fourth-order valence-electron chi connectivity index (χ4n) is 6.43. The highest BCUT2D eigenvalue weighted by atomic mass is 16.5. The maximum atomic E-state index is 13.7. The van der Waals surface area contributed by atoms with Crippen molar-refractivity contribution >= 4 is 34.0 Å². The number of anilines is 1. The lowest BCUT2D eigenvalue weighted by molar-refractivity contribution is -0.138. The van der Waals surface area contributed by atoms with Crippen LogP contribution in [-0.2, 0) is 21.4 Å². The van der Waals surface area contributed by atoms with E-state index in [1.807, 2.05) is 73.2 Å². The van der Waals surface area contributed by atoms with Crippen LogP contribution in [-0.4, -0.2) is 108 Å². The molecule has 5 aromatic rings. The summed E-state index contributed by atoms with van der Waals surface area (Å²) in [5, 5.41) is 15.8. The lowest BCUT2D eigenvalue weighted by Gasteiger charge is -2.29. The fraction of sp³-hybridized carbons (Fsp3) is 0.361. The molecule has 14 heteroatoms. The highest BCUT2D eigenvalue weighted by Crippen LogP contribution is 2.31. The zero-order valence-corrected chi connectivity index (χ0v) is 28.6. The first-order valence-corrected chi connectivity index (χ1v) is 16.7. The molecule has 1 fully saturated rings. The normalized spacial score (nSPS) is 18.1. The van der Waals surface area contributed by atoms with Gasteiger partial charge in [-0.15, -0.1) is 0 Å². The second kappa shape index (κ2) is 13.8. The molecule has 2 aliphatic rings. The Morgan fingerprint density at radius 2 is 1.88 bits per heavy atom. The van der Waals surface area contributed by atoms with Gasteiger partial charge in [-0.3, -0.25) is 29.3 Å². The zero-order chi connectivity index (χ0) is 34.8. The van der Waals surface area contributed by atoms with Gasteiger partial charge in [0.15, 0.2) is 11.4 Å². The van der Waals surface area contributed by atoms with Gasteiger partial charge >= 0.3 is 0 Å². The van der Waals surface area contributed by atoms with Crippen molar-refractivity contribution in [1.82, 2.24) is 44.7 Å². The first-order valence-electron chi connectivity index (χ1n) is 16.7. The molecule has 6 heterocycles. The number of carbonyl (C=O) groups is 2. The third-order valence-electron chi connectivity index (χ3n) is 9.17. The predicted molar refractivity (Wildman–Crippen MR) is 188 cm³/mol. The van der Waals surface area contributed by atoms with Crippen LogP contribution in [0, 0.1) is 0 Å². The van der Waals surface area contributed by atoms with Crippen LogP contribution >= 0.6 is 0 Å². The van der Waals surface area contributed by atoms with E-state index in [1.165, 1.54) is 0 Å². The Balaban J connectivity index is 0.955. The third-order valence-corrected chi connectivity index (χ3v) is 9.17. The van der Waals surface area contributed by atoms with Gasteiger partial charge < -0.3 is 19.7 Å². The van der Waals surface area contributed by atoms with Gasteiger partial charge in [0.1, 0.15) is 12.0 Å². The molecule has 1 aromatic carbocycles. The van der Waals surface area contributed by atoms with E-state index in [-0.39, 0.29) is 24.5 Å². The molecule has 1 unspecified atom stereocenters. The largest absolute Gasteiger partial charge is 0.475 e. The summed E-state index contributed by atoms with van der Waals surface area (Å²) in [6.45, 7) is 6.11. The van der Waals surface area contributed by atoms with Crippen molar-refractivity contribution in [3.63, 3.8) is 0 Å². The number of methoxy groups -OCH3 is 1. The second-order valence-electron chi connectivity index (χ2n) is 13.0. The van der Waals surface area contributed by atoms with Gasteiger partial charge in [0, 0.05) is 81.0 Å². The van der Waals surface area contributed by atoms with Crippen molar-refractivity contribution in [3.8, 4) is 28.5 Å². The molecule has 4 aromatic heterocycles. The molecule has 1 atom stereocenters. The maximum Gasteiger partial charge on any atom is 0.258 e. The first kappa shape index (κ1) is 33.0. The molecular weight excluding hydrogens is 636 g/mol. The number of benzene rings is 1. The standard InChI is InChI=1S/C36H40N10O4/c1-23(2)50-31-10-6-25(18-38-31)33-28-17-27(7-9-30(28)41-42-33)40-35(48)36(49-4)13-16-45(21-36)20-32(47)46-14-11-24(12-15-46)29-8-5-26(19-37-29)34-39-22-44(3)43-34/h5-11,17-19,22-23H,12-16,20-21H2,1-4H3,(H,40,48)(H,41,42). The minimum Gasteiger partial charge on any atom is -0.475 e. The van der Waals surface area contributed by atoms with E-state index in [0.717, 1.165) is 39.0 Å². The quantitative estimate of drug-likeness (QED) is 0.222. The smallest absolute Gasteiger partial charge is 0.258 e. The molecule has 2 N–H and O–H groups in total. The van der Waals surface area contributed by atoms with Crippen LogP contribution in [0.25, 0.3) is 39.1 Å². The summed E-state index contributed by atoms with van der Waals surface area (Å²) in [5.41, 5.74) is 4.77. The SMILES string of the molecule is COC1(C(=O)Nc2ccc3[nH]nc(-c4ccc(OC(C)C)nc4)c3c2)CCN(CC(=O)N2CC=C(c3ccc(-c4ncn(C)n4)cn3)CC2)C1. The van der Waals surface area contributed by atoms with Gasteiger partial charge in [0.2, 0.25) is 11.8 Å². The van der Waals surface area contributed by atoms with Crippen molar-refractivity contribution in [3.05, 3.63) is 73.0 Å². The van der Waals surface area contributed by atoms with Crippen molar-refractivity contribution in [1.29, 1.82) is 0 Å². The highest BCUT2D eigenvalue weighted by molar-refractivity contribution is 6.01. The summed E-state index contributed by atoms with van der Waals surface area (Å²) in [7, 11) is 3.38. The zero-order valence-electron chi connectivity index (χ0n) is 28.6. The minimum absolute atomic E-state index is 0.0216. The number of hydrogen-bond acceptors (Lipinski definition) is 10. The van der Waals surface area contributed by atoms with E-state index < -0.39 is 5.60 Å². The third kappa shape index (κ3) is 6.84. The lowest BCUT2D eigenvalue weighted by Crippen LogP contribution is -2.48. The Hall–Kier alpha value is -5.47. The van der Waals surface area contributed by atoms with Crippen molar-refractivity contribution in [2.24, 2.45) is 7.05 Å². The molecular formula is C36H40N10O4. The average molecular weight is 677 g/mol. The van der Waals surface area contributed by atoms with E-state index in [9.17, 15) is 9.59 Å². The number of aromatic nitrogens is 7. The second-order valence-corrected chi connectivity index (χ2v) is 13.0. The Morgan fingerprint density at radius 3 is 2.56 bits per heavy atom. The van der Waals surface area contributed by atoms with Crippen LogP contribution in [0.3, 0.4) is 0 Å². The van der Waals surface area contributed by atoms with E-state index in [4.69, 9.17) is 9.47 Å². The summed E-state index contributed by atoms with van der Waals surface area (Å²) in [6.07, 6.45) is 8.44. The van der Waals surface area contributed by atoms with E-state index in [0.29, 0.717) is 56.4 Å². The predicted octanol–water partition coefficient (Wildman–Crippen LogP) is 3.95. The molecule has 50 heavy (non-hydrogen) atoms. The Morgan fingerprint density at radius 1 is 1.04 bits per heavy atom. The number of amides is 2. The molecule has 258 valence electrons. The fourth-order valence-corrected chi connectivity index (χ4v) is 6.43. The topological polar surface area (TPSA) is 156 Å². The van der Waals surface area contributed by atoms with Gasteiger partial charge in [-0.2, -0.15) is 10.2 Å². The molecule has 0 spiro atoms. The number of likely N-dealkylation sites (tertiary alicyclic amines) is 1. The number of aromatic amines is 1. The number of ether oxygens (including phenoxy) is 2. The number of aryl methyl sites for hydroxylation is 1. The van der Waals surface area contributed by atoms with Crippen LogP contribution in [0.2, 0.25) is 0 Å². The summed E-state index contributed by atoms with van der Waals surface area (Å²) < 4.78 is 13.2. The number of carbonyl (C=O) groups excluding carboxylic acids is 2. The maximum absolute atomic E-state index is 13.7. The summed E-state index contributed by atoms with van der Waals surface area (Å²) in [5.74, 6) is 0.953. The first-order chi connectivity index (χ1) is 24.2. The average Bonchev–Trinajstić information content (AvgIpc) is 3.87. The minimum atomic E-state index is -1.08. The molecule has 7 rings (SSSR count). The van der Waals surface area contributed by atoms with E-state index in [1.54, 1.807) is 30.5 Å². The molecule has 0 bridgehead atoms. The highest BCUT2D eigenvalue weighted by Gasteiger charge is 2.45. The van der Waals surface area contributed by atoms with Crippen LogP contribution in [0.5, 0.6) is 5.88 Å². The molecule has 1 saturated heterocycles. The monoisotopic (exact) mass is 676 g/mol. The molecule has 2 aliphatic heterocycles. The Bertz CT molecular complexity index is 2040. The molecule has 0 aliphatic carbocycles. The summed E-state index contributed by atoms with van der Waals surface area (Å²) in [6, 6.07) is 13.3. The lowest BCUT2D eigenvalue weighted by atomic mass is 10.0. The van der Waals surface area contributed by atoms with E-state index >= 15 is 0 Å². The summed E-state index contributed by atoms with van der Waals surface area (Å²) in [4.78, 5) is 44.2. The van der Waals surface area contributed by atoms with Crippen LogP contribution in [0.4, 0.5) is 5.69 Å². The van der Waals surface area contributed by atoms with E-state index in [2.05, 4.69) is 41.6 Å². The molecule has 14 nitrogen and oxygen atoms in total. The van der Waals surface area contributed by atoms with Crippen LogP contribution < -0.4 is 10.1 Å². The van der Waals surface area contributed by atoms with Crippen molar-refractivity contribution < 1.29 is 19.1 Å². The van der Waals surface area contributed by atoms with Gasteiger partial charge in [-0.05, 0) is 68.7 Å². The Kier molecular flexibility index (Phi) is 9.12. The number of hydrogen-bond donors (Lipinski definition) is 2. The van der Waals surface area contributed by atoms with Crippen molar-refractivity contribution in [2.45, 2.75) is 38.4 Å². The number of nitrogens with one attached hydrogen (secondary N) is 2.